The number of nitrogens with one attached hydrogen (secondary N) is 1. The lowest BCUT2D eigenvalue weighted by Crippen LogP contribution is -2.46. The molecule has 0 fully saturated rings. The van der Waals surface area contributed by atoms with Crippen molar-refractivity contribution < 1.29 is 14.3 Å². The summed E-state index contributed by atoms with van der Waals surface area (Å²) >= 11 is 0. The molecule has 0 aromatic rings. The Balaban J connectivity index is 3.95. The van der Waals surface area contributed by atoms with Crippen molar-refractivity contribution in [1.82, 2.24) is 5.32 Å². The van der Waals surface area contributed by atoms with E-state index in [1.165, 1.54) is 0 Å². The van der Waals surface area contributed by atoms with Crippen LogP contribution in [0.25, 0.3) is 0 Å². The highest BCUT2D eigenvalue weighted by molar-refractivity contribution is 6.01. The number of terminal acetylenes is 1. The summed E-state index contributed by atoms with van der Waals surface area (Å²) in [6.45, 7) is 1.87. The summed E-state index contributed by atoms with van der Waals surface area (Å²) in [5.74, 6) is 0.804. The van der Waals surface area contributed by atoms with Gasteiger partial charge in [0.15, 0.2) is 6.04 Å². The van der Waals surface area contributed by atoms with Crippen LogP contribution in [0.2, 0.25) is 0 Å². The second kappa shape index (κ2) is 6.03. The minimum atomic E-state index is -1.30. The lowest BCUT2D eigenvalue weighted by atomic mass is 10.3. The molecule has 1 unspecified atom stereocenters. The van der Waals surface area contributed by atoms with E-state index in [0.29, 0.717) is 0 Å². The first kappa shape index (κ1) is 11.5. The van der Waals surface area contributed by atoms with Crippen LogP contribution in [0, 0.1) is 12.3 Å². The van der Waals surface area contributed by atoms with Gasteiger partial charge in [0.1, 0.15) is 0 Å². The standard InChI is InChI=1S/C8H12N2O3/c1-3-5-10-7(11)6(9)8(12)13-4-2/h1,6H,4-5,9H2,2H3,(H,10,11). The summed E-state index contributed by atoms with van der Waals surface area (Å²) in [7, 11) is 0. The number of esters is 1. The van der Waals surface area contributed by atoms with Crippen LogP contribution in [-0.2, 0) is 14.3 Å². The van der Waals surface area contributed by atoms with E-state index in [2.05, 4.69) is 16.0 Å². The monoisotopic (exact) mass is 184 g/mol. The number of hydrogen-bond donors (Lipinski definition) is 2. The zero-order valence-corrected chi connectivity index (χ0v) is 7.37. The number of carbonyl (C=O) groups excluding carboxylic acids is 2. The molecule has 72 valence electrons. The zero-order chi connectivity index (χ0) is 10.3. The minimum absolute atomic E-state index is 0.0476. The number of amides is 1. The molecule has 5 heteroatoms. The third kappa shape index (κ3) is 4.13. The summed E-state index contributed by atoms with van der Waals surface area (Å²) in [5.41, 5.74) is 5.23. The Hall–Kier alpha value is -1.54. The number of nitrogens with two attached hydrogens (primary N) is 1. The molecule has 0 saturated heterocycles. The third-order valence-corrected chi connectivity index (χ3v) is 1.19. The fourth-order valence-electron chi connectivity index (χ4n) is 0.587. The summed E-state index contributed by atoms with van der Waals surface area (Å²) < 4.78 is 4.53. The van der Waals surface area contributed by atoms with Crippen LogP contribution in [0.5, 0.6) is 0 Å². The van der Waals surface area contributed by atoms with Gasteiger partial charge in [-0.3, -0.25) is 4.79 Å². The molecule has 0 aromatic carbocycles. The fourth-order valence-corrected chi connectivity index (χ4v) is 0.587. The van der Waals surface area contributed by atoms with Crippen molar-refractivity contribution in [2.24, 2.45) is 5.73 Å². The van der Waals surface area contributed by atoms with Gasteiger partial charge in [0.05, 0.1) is 13.2 Å². The maximum Gasteiger partial charge on any atom is 0.332 e. The molecule has 3 N–H and O–H groups in total. The molecule has 0 heterocycles. The Morgan fingerprint density at radius 2 is 2.31 bits per heavy atom. The van der Waals surface area contributed by atoms with Crippen molar-refractivity contribution in [3.05, 3.63) is 0 Å². The van der Waals surface area contributed by atoms with Crippen LogP contribution in [0.15, 0.2) is 0 Å². The molecule has 0 spiro atoms. The van der Waals surface area contributed by atoms with Gasteiger partial charge in [0.25, 0.3) is 0 Å². The van der Waals surface area contributed by atoms with Crippen molar-refractivity contribution in [1.29, 1.82) is 0 Å². The molecule has 0 saturated carbocycles. The normalized spacial score (nSPS) is 11.2. The predicted molar refractivity (Wildman–Crippen MR) is 46.5 cm³/mol. The molecule has 0 radical (unpaired) electrons. The van der Waals surface area contributed by atoms with E-state index in [0.717, 1.165) is 0 Å². The molecule has 1 amide bonds. The highest BCUT2D eigenvalue weighted by Gasteiger charge is 2.22. The Morgan fingerprint density at radius 1 is 1.69 bits per heavy atom. The molecule has 1 atom stereocenters. The van der Waals surface area contributed by atoms with E-state index < -0.39 is 17.9 Å². The molecule has 0 aliphatic carbocycles. The van der Waals surface area contributed by atoms with E-state index in [1.807, 2.05) is 0 Å². The lowest BCUT2D eigenvalue weighted by Gasteiger charge is -2.08. The number of rotatable bonds is 4. The van der Waals surface area contributed by atoms with E-state index in [1.54, 1.807) is 6.92 Å². The van der Waals surface area contributed by atoms with E-state index >= 15 is 0 Å². The molecule has 13 heavy (non-hydrogen) atoms. The maximum absolute atomic E-state index is 11.0. The highest BCUT2D eigenvalue weighted by Crippen LogP contribution is 1.85. The van der Waals surface area contributed by atoms with E-state index in [9.17, 15) is 9.59 Å². The van der Waals surface area contributed by atoms with Crippen LogP contribution < -0.4 is 11.1 Å². The molecule has 5 nitrogen and oxygen atoms in total. The van der Waals surface area contributed by atoms with Gasteiger partial charge in [-0.05, 0) is 6.92 Å². The van der Waals surface area contributed by atoms with Gasteiger partial charge in [-0.15, -0.1) is 6.42 Å². The van der Waals surface area contributed by atoms with Gasteiger partial charge in [0.2, 0.25) is 5.91 Å². The Bertz CT molecular complexity index is 232. The summed E-state index contributed by atoms with van der Waals surface area (Å²) in [6, 6.07) is -1.30. The van der Waals surface area contributed by atoms with Gasteiger partial charge < -0.3 is 15.8 Å². The first-order chi connectivity index (χ1) is 6.13. The van der Waals surface area contributed by atoms with Crippen LogP contribution in [-0.4, -0.2) is 31.1 Å². The van der Waals surface area contributed by atoms with Crippen molar-refractivity contribution in [3.8, 4) is 12.3 Å². The van der Waals surface area contributed by atoms with Crippen LogP contribution in [0.4, 0.5) is 0 Å². The lowest BCUT2D eigenvalue weighted by molar-refractivity contribution is -0.147. The smallest absolute Gasteiger partial charge is 0.332 e. The van der Waals surface area contributed by atoms with Gasteiger partial charge in [-0.25, -0.2) is 4.79 Å². The average molecular weight is 184 g/mol. The highest BCUT2D eigenvalue weighted by atomic mass is 16.5. The maximum atomic E-state index is 11.0. The molecule has 0 rings (SSSR count). The molecule has 0 bridgehead atoms. The SMILES string of the molecule is C#CCNC(=O)C(N)C(=O)OCC. The molecule has 0 aromatic heterocycles. The minimum Gasteiger partial charge on any atom is -0.464 e. The first-order valence-corrected chi connectivity index (χ1v) is 3.76. The van der Waals surface area contributed by atoms with Gasteiger partial charge in [-0.1, -0.05) is 5.92 Å². The zero-order valence-electron chi connectivity index (χ0n) is 7.37. The van der Waals surface area contributed by atoms with Crippen LogP contribution in [0.1, 0.15) is 6.92 Å². The van der Waals surface area contributed by atoms with Crippen LogP contribution >= 0.6 is 0 Å². The Labute approximate surface area is 76.6 Å². The van der Waals surface area contributed by atoms with E-state index in [-0.39, 0.29) is 13.2 Å². The number of ether oxygens (including phenoxy) is 1. The molecular weight excluding hydrogens is 172 g/mol. The summed E-state index contributed by atoms with van der Waals surface area (Å²) in [4.78, 5) is 21.9. The van der Waals surface area contributed by atoms with Gasteiger partial charge >= 0.3 is 5.97 Å². The molecular formula is C8H12N2O3. The topological polar surface area (TPSA) is 81.4 Å². The fraction of sp³-hybridized carbons (Fsp3) is 0.500. The van der Waals surface area contributed by atoms with Gasteiger partial charge in [-0.2, -0.15) is 0 Å². The van der Waals surface area contributed by atoms with Crippen LogP contribution in [0.3, 0.4) is 0 Å². The van der Waals surface area contributed by atoms with Crippen molar-refractivity contribution in [3.63, 3.8) is 0 Å². The second-order valence-electron chi connectivity index (χ2n) is 2.15. The first-order valence-electron chi connectivity index (χ1n) is 3.76. The Kier molecular flexibility index (Phi) is 5.32. The largest absolute Gasteiger partial charge is 0.464 e. The predicted octanol–water partition coefficient (Wildman–Crippen LogP) is -1.37. The summed E-state index contributed by atoms with van der Waals surface area (Å²) in [5, 5.41) is 2.27. The molecule has 0 aliphatic rings. The van der Waals surface area contributed by atoms with Crippen molar-refractivity contribution >= 4 is 11.9 Å². The van der Waals surface area contributed by atoms with Gasteiger partial charge in [0, 0.05) is 0 Å². The third-order valence-electron chi connectivity index (χ3n) is 1.19. The quantitative estimate of drug-likeness (QED) is 0.321. The Morgan fingerprint density at radius 3 is 2.77 bits per heavy atom. The van der Waals surface area contributed by atoms with Crippen molar-refractivity contribution in [2.75, 3.05) is 13.2 Å². The number of carbonyl (C=O) groups is 2. The summed E-state index contributed by atoms with van der Waals surface area (Å²) in [6.07, 6.45) is 4.89. The average Bonchev–Trinajstić information content (AvgIpc) is 2.13. The molecule has 0 aliphatic heterocycles. The van der Waals surface area contributed by atoms with E-state index in [4.69, 9.17) is 12.2 Å². The number of hydrogen-bond acceptors (Lipinski definition) is 4. The van der Waals surface area contributed by atoms with Crippen molar-refractivity contribution in [2.45, 2.75) is 13.0 Å². The second-order valence-corrected chi connectivity index (χ2v) is 2.15.